The SMILES string of the molecule is CO[C@@H]1CN(C)C(=O)c2ccc(NC(=O)C3CC3)cc2OC[C@H](C)N(CC2CC2)C[C@@H]1C. The quantitative estimate of drug-likeness (QED) is 0.756. The van der Waals surface area contributed by atoms with Crippen LogP contribution in [0, 0.1) is 17.8 Å². The minimum atomic E-state index is -0.0996. The van der Waals surface area contributed by atoms with Crippen LogP contribution in [0.25, 0.3) is 0 Å². The van der Waals surface area contributed by atoms with E-state index in [-0.39, 0.29) is 35.8 Å². The summed E-state index contributed by atoms with van der Waals surface area (Å²) in [5.74, 6) is 1.65. The molecule has 1 N–H and O–H groups in total. The van der Waals surface area contributed by atoms with Gasteiger partial charge >= 0.3 is 0 Å². The molecule has 2 saturated carbocycles. The van der Waals surface area contributed by atoms with Crippen molar-refractivity contribution >= 4 is 17.5 Å². The Morgan fingerprint density at radius 1 is 1.19 bits per heavy atom. The lowest BCUT2D eigenvalue weighted by Gasteiger charge is -2.36. The van der Waals surface area contributed by atoms with Gasteiger partial charge in [0.25, 0.3) is 5.91 Å². The van der Waals surface area contributed by atoms with Gasteiger partial charge < -0.3 is 19.7 Å². The predicted molar refractivity (Wildman–Crippen MR) is 124 cm³/mol. The number of rotatable bonds is 5. The molecule has 1 aromatic carbocycles. The molecule has 0 spiro atoms. The lowest BCUT2D eigenvalue weighted by molar-refractivity contribution is -0.117. The summed E-state index contributed by atoms with van der Waals surface area (Å²) in [7, 11) is 3.54. The molecule has 2 fully saturated rings. The molecule has 1 aromatic rings. The van der Waals surface area contributed by atoms with Gasteiger partial charge in [0.1, 0.15) is 12.4 Å². The number of carbonyl (C=O) groups excluding carboxylic acids is 2. The van der Waals surface area contributed by atoms with Crippen LogP contribution in [0.5, 0.6) is 5.75 Å². The summed E-state index contributed by atoms with van der Waals surface area (Å²) in [5, 5.41) is 2.97. The van der Waals surface area contributed by atoms with Crippen LogP contribution in [-0.4, -0.2) is 74.2 Å². The van der Waals surface area contributed by atoms with Crippen LogP contribution in [0.15, 0.2) is 18.2 Å². The summed E-state index contributed by atoms with van der Waals surface area (Å²) in [6.45, 7) is 7.38. The maximum atomic E-state index is 13.3. The number of benzene rings is 1. The highest BCUT2D eigenvalue weighted by Crippen LogP contribution is 2.33. The maximum Gasteiger partial charge on any atom is 0.257 e. The third-order valence-electron chi connectivity index (χ3n) is 6.98. The minimum absolute atomic E-state index is 0.0428. The summed E-state index contributed by atoms with van der Waals surface area (Å²) in [4.78, 5) is 29.7. The van der Waals surface area contributed by atoms with Crippen molar-refractivity contribution in [2.24, 2.45) is 17.8 Å². The molecule has 0 saturated heterocycles. The van der Waals surface area contributed by atoms with Gasteiger partial charge in [-0.1, -0.05) is 6.92 Å². The molecule has 4 rings (SSSR count). The second-order valence-electron chi connectivity index (χ2n) is 9.97. The molecule has 0 radical (unpaired) electrons. The smallest absolute Gasteiger partial charge is 0.257 e. The first-order valence-electron chi connectivity index (χ1n) is 12.0. The van der Waals surface area contributed by atoms with E-state index in [0.717, 1.165) is 31.8 Å². The molecule has 1 heterocycles. The molecule has 3 aliphatic rings. The lowest BCUT2D eigenvalue weighted by atomic mass is 10.0. The molecule has 0 unspecified atom stereocenters. The second-order valence-corrected chi connectivity index (χ2v) is 9.97. The van der Waals surface area contributed by atoms with Crippen molar-refractivity contribution in [1.82, 2.24) is 9.80 Å². The van der Waals surface area contributed by atoms with Gasteiger partial charge in [0.2, 0.25) is 5.91 Å². The highest BCUT2D eigenvalue weighted by molar-refractivity contribution is 5.99. The Morgan fingerprint density at radius 3 is 2.59 bits per heavy atom. The largest absolute Gasteiger partial charge is 0.491 e. The normalized spacial score (nSPS) is 27.7. The van der Waals surface area contributed by atoms with E-state index in [1.165, 1.54) is 12.8 Å². The van der Waals surface area contributed by atoms with Gasteiger partial charge in [0.05, 0.1) is 11.7 Å². The van der Waals surface area contributed by atoms with E-state index in [4.69, 9.17) is 9.47 Å². The highest BCUT2D eigenvalue weighted by atomic mass is 16.5. The number of fused-ring (bicyclic) bond motifs is 1. The van der Waals surface area contributed by atoms with Crippen molar-refractivity contribution in [2.45, 2.75) is 51.7 Å². The zero-order valence-corrected chi connectivity index (χ0v) is 19.8. The van der Waals surface area contributed by atoms with E-state index < -0.39 is 0 Å². The van der Waals surface area contributed by atoms with E-state index in [9.17, 15) is 9.59 Å². The van der Waals surface area contributed by atoms with Crippen LogP contribution < -0.4 is 10.1 Å². The number of hydrogen-bond acceptors (Lipinski definition) is 5. The van der Waals surface area contributed by atoms with E-state index in [1.807, 2.05) is 7.05 Å². The summed E-state index contributed by atoms with van der Waals surface area (Å²) < 4.78 is 12.0. The fourth-order valence-corrected chi connectivity index (χ4v) is 4.40. The van der Waals surface area contributed by atoms with Crippen molar-refractivity contribution in [3.63, 3.8) is 0 Å². The molecule has 7 nitrogen and oxygen atoms in total. The van der Waals surface area contributed by atoms with Crippen LogP contribution in [0.1, 0.15) is 49.9 Å². The van der Waals surface area contributed by atoms with Crippen molar-refractivity contribution in [2.75, 3.05) is 45.7 Å². The number of methoxy groups -OCH3 is 1. The average molecular weight is 444 g/mol. The van der Waals surface area contributed by atoms with E-state index >= 15 is 0 Å². The number of ether oxygens (including phenoxy) is 2. The molecule has 176 valence electrons. The summed E-state index contributed by atoms with van der Waals surface area (Å²) in [5.41, 5.74) is 1.19. The van der Waals surface area contributed by atoms with Gasteiger partial charge in [-0.25, -0.2) is 0 Å². The number of anilines is 1. The fraction of sp³-hybridized carbons (Fsp3) is 0.680. The summed E-state index contributed by atoms with van der Waals surface area (Å²) in [6, 6.07) is 5.56. The molecule has 32 heavy (non-hydrogen) atoms. The first kappa shape index (κ1) is 23.1. The van der Waals surface area contributed by atoms with Gasteiger partial charge in [-0.05, 0) is 56.6 Å². The Balaban J connectivity index is 1.60. The second kappa shape index (κ2) is 9.79. The van der Waals surface area contributed by atoms with Crippen molar-refractivity contribution in [1.29, 1.82) is 0 Å². The number of carbonyl (C=O) groups is 2. The molecule has 0 bridgehead atoms. The zero-order valence-electron chi connectivity index (χ0n) is 19.8. The number of amides is 2. The van der Waals surface area contributed by atoms with E-state index in [1.54, 1.807) is 30.2 Å². The summed E-state index contributed by atoms with van der Waals surface area (Å²) >= 11 is 0. The molecule has 3 atom stereocenters. The van der Waals surface area contributed by atoms with Crippen LogP contribution in [-0.2, 0) is 9.53 Å². The molecule has 7 heteroatoms. The standard InChI is InChI=1S/C25H37N3O4/c1-16-12-28(13-18-5-6-18)17(2)15-32-22-11-20(26-24(29)19-7-8-19)9-10-21(22)25(30)27(3)14-23(16)31-4/h9-11,16-19,23H,5-8,12-15H2,1-4H3,(H,26,29)/t16-,17-,23+/m0/s1. The molecule has 2 amide bonds. The first-order chi connectivity index (χ1) is 15.4. The molecular formula is C25H37N3O4. The topological polar surface area (TPSA) is 71.1 Å². The van der Waals surface area contributed by atoms with Crippen molar-refractivity contribution in [3.8, 4) is 5.75 Å². The third-order valence-corrected chi connectivity index (χ3v) is 6.98. The first-order valence-corrected chi connectivity index (χ1v) is 12.0. The third kappa shape index (κ3) is 5.62. The van der Waals surface area contributed by atoms with E-state index in [2.05, 4.69) is 24.1 Å². The monoisotopic (exact) mass is 443 g/mol. The Hall–Kier alpha value is -2.12. The van der Waals surface area contributed by atoms with E-state index in [0.29, 0.717) is 30.2 Å². The molecular weight excluding hydrogens is 406 g/mol. The van der Waals surface area contributed by atoms with Crippen LogP contribution in [0.4, 0.5) is 5.69 Å². The predicted octanol–water partition coefficient (Wildman–Crippen LogP) is 3.25. The van der Waals surface area contributed by atoms with Crippen LogP contribution >= 0.6 is 0 Å². The Bertz CT molecular complexity index is 836. The molecule has 0 aromatic heterocycles. The highest BCUT2D eigenvalue weighted by Gasteiger charge is 2.32. The Morgan fingerprint density at radius 2 is 1.94 bits per heavy atom. The number of nitrogens with one attached hydrogen (secondary N) is 1. The number of nitrogens with zero attached hydrogens (tertiary/aromatic N) is 2. The van der Waals surface area contributed by atoms with Crippen LogP contribution in [0.3, 0.4) is 0 Å². The van der Waals surface area contributed by atoms with Crippen molar-refractivity contribution < 1.29 is 19.1 Å². The minimum Gasteiger partial charge on any atom is -0.491 e. The van der Waals surface area contributed by atoms with Crippen molar-refractivity contribution in [3.05, 3.63) is 23.8 Å². The lowest BCUT2D eigenvalue weighted by Crippen LogP contribution is -2.47. The average Bonchev–Trinajstić information content (AvgIpc) is 3.68. The van der Waals surface area contributed by atoms with Gasteiger partial charge in [-0.3, -0.25) is 14.5 Å². The van der Waals surface area contributed by atoms with Gasteiger partial charge in [-0.2, -0.15) is 0 Å². The van der Waals surface area contributed by atoms with Crippen LogP contribution in [0.2, 0.25) is 0 Å². The number of likely N-dealkylation sites (N-methyl/N-ethyl adjacent to an activating group) is 1. The summed E-state index contributed by atoms with van der Waals surface area (Å²) in [6.07, 6.45) is 4.46. The van der Waals surface area contributed by atoms with Gasteiger partial charge in [-0.15, -0.1) is 0 Å². The zero-order chi connectivity index (χ0) is 22.8. The van der Waals surface area contributed by atoms with Gasteiger partial charge in [0.15, 0.2) is 0 Å². The maximum absolute atomic E-state index is 13.3. The van der Waals surface area contributed by atoms with Gasteiger partial charge in [0, 0.05) is 57.5 Å². The molecule has 2 aliphatic carbocycles. The Labute approximate surface area is 191 Å². The molecule has 1 aliphatic heterocycles. The fourth-order valence-electron chi connectivity index (χ4n) is 4.40. The number of hydrogen-bond donors (Lipinski definition) is 1. The Kier molecular flexibility index (Phi) is 7.05.